The largest absolute Gasteiger partial charge is 0.460 e. The number of unbranched alkanes of at least 4 members (excludes halogenated alkanes) is 11. The first-order chi connectivity index (χ1) is 15.8. The molecule has 1 aliphatic rings. The number of rotatable bonds is 18. The van der Waals surface area contributed by atoms with Crippen molar-refractivity contribution in [2.75, 3.05) is 13.2 Å². The second-order valence-electron chi connectivity index (χ2n) is 9.01. The minimum absolute atomic E-state index is 0.0506. The second kappa shape index (κ2) is 14.8. The predicted octanol–water partition coefficient (Wildman–Crippen LogP) is 9.07. The summed E-state index contributed by atoms with van der Waals surface area (Å²) in [5.74, 6) is -18.7. The monoisotopic (exact) mass is 516 g/mol. The Bertz CT molecular complexity index is 533. The highest BCUT2D eigenvalue weighted by Gasteiger charge is 2.81. The fraction of sp³-hybridized carbons (Fsp3) is 1.00. The van der Waals surface area contributed by atoms with Crippen LogP contribution in [0.15, 0.2) is 0 Å². The van der Waals surface area contributed by atoms with Crippen molar-refractivity contribution >= 4 is 0 Å². The summed E-state index contributed by atoms with van der Waals surface area (Å²) in [6.07, 6.45) is 3.46. The standard InChI is InChI=1S/C23H37F9O2/c24-20(25,21(26,27)22(28,29)23(30,31)32)16-12-9-7-5-3-1-2-4-6-8-10-13-17-33-19-15-11-14-18-34-19/h19H,1-18H2. The van der Waals surface area contributed by atoms with Crippen molar-refractivity contribution in [3.8, 4) is 0 Å². The van der Waals surface area contributed by atoms with Crippen LogP contribution in [0.3, 0.4) is 0 Å². The summed E-state index contributed by atoms with van der Waals surface area (Å²) in [6, 6.07) is 0. The molecule has 1 aliphatic heterocycles. The number of halogens is 9. The third-order valence-corrected chi connectivity index (χ3v) is 6.04. The van der Waals surface area contributed by atoms with Crippen LogP contribution in [-0.2, 0) is 9.47 Å². The van der Waals surface area contributed by atoms with Crippen LogP contribution in [-0.4, -0.2) is 43.4 Å². The van der Waals surface area contributed by atoms with Crippen molar-refractivity contribution in [1.82, 2.24) is 0 Å². The zero-order valence-electron chi connectivity index (χ0n) is 19.5. The van der Waals surface area contributed by atoms with Gasteiger partial charge in [-0.05, 0) is 32.1 Å². The molecular weight excluding hydrogens is 479 g/mol. The summed E-state index contributed by atoms with van der Waals surface area (Å²) >= 11 is 0. The Balaban J connectivity index is 1.97. The fourth-order valence-corrected chi connectivity index (χ4v) is 3.84. The maximum absolute atomic E-state index is 13.4. The first-order valence-corrected chi connectivity index (χ1v) is 12.3. The lowest BCUT2D eigenvalue weighted by Crippen LogP contribution is -2.60. The molecule has 0 aromatic heterocycles. The number of hydrogen-bond acceptors (Lipinski definition) is 2. The van der Waals surface area contributed by atoms with E-state index in [1.54, 1.807) is 0 Å². The van der Waals surface area contributed by atoms with Gasteiger partial charge in [-0.1, -0.05) is 64.2 Å². The molecule has 0 radical (unpaired) electrons. The second-order valence-corrected chi connectivity index (χ2v) is 9.01. The molecule has 34 heavy (non-hydrogen) atoms. The first-order valence-electron chi connectivity index (χ1n) is 12.3. The quantitative estimate of drug-likeness (QED) is 0.134. The van der Waals surface area contributed by atoms with Crippen LogP contribution in [0.2, 0.25) is 0 Å². The topological polar surface area (TPSA) is 18.5 Å². The molecule has 0 aromatic carbocycles. The van der Waals surface area contributed by atoms with Crippen molar-refractivity contribution in [2.45, 2.75) is 133 Å². The van der Waals surface area contributed by atoms with Gasteiger partial charge in [0.2, 0.25) is 0 Å². The normalized spacial score (nSPS) is 18.4. The van der Waals surface area contributed by atoms with Crippen molar-refractivity contribution in [1.29, 1.82) is 0 Å². The van der Waals surface area contributed by atoms with E-state index in [0.29, 0.717) is 19.4 Å². The molecule has 1 heterocycles. The van der Waals surface area contributed by atoms with Gasteiger partial charge in [0.15, 0.2) is 6.29 Å². The molecule has 0 bridgehead atoms. The van der Waals surface area contributed by atoms with Gasteiger partial charge in [-0.15, -0.1) is 0 Å². The molecule has 0 amide bonds. The van der Waals surface area contributed by atoms with Crippen molar-refractivity contribution in [3.05, 3.63) is 0 Å². The lowest BCUT2D eigenvalue weighted by atomic mass is 9.97. The molecule has 0 N–H and O–H groups in total. The van der Waals surface area contributed by atoms with E-state index in [1.165, 1.54) is 0 Å². The van der Waals surface area contributed by atoms with Crippen LogP contribution < -0.4 is 0 Å². The van der Waals surface area contributed by atoms with E-state index in [0.717, 1.165) is 77.2 Å². The van der Waals surface area contributed by atoms with E-state index in [2.05, 4.69) is 0 Å². The van der Waals surface area contributed by atoms with E-state index in [1.807, 2.05) is 0 Å². The average Bonchev–Trinajstić information content (AvgIpc) is 2.76. The minimum atomic E-state index is -6.79. The minimum Gasteiger partial charge on any atom is -0.353 e. The Morgan fingerprint density at radius 1 is 0.588 bits per heavy atom. The summed E-state index contributed by atoms with van der Waals surface area (Å²) in [6.45, 7) is 1.48. The maximum atomic E-state index is 13.4. The summed E-state index contributed by atoms with van der Waals surface area (Å²) < 4.78 is 126. The molecule has 1 rings (SSSR count). The van der Waals surface area contributed by atoms with Crippen LogP contribution in [0.25, 0.3) is 0 Å². The number of alkyl halides is 9. The number of ether oxygens (including phenoxy) is 2. The van der Waals surface area contributed by atoms with Crippen LogP contribution in [0.5, 0.6) is 0 Å². The molecule has 204 valence electrons. The smallest absolute Gasteiger partial charge is 0.353 e. The summed E-state index contributed by atoms with van der Waals surface area (Å²) in [7, 11) is 0. The number of hydrogen-bond donors (Lipinski definition) is 0. The Labute approximate surface area is 195 Å². The Morgan fingerprint density at radius 2 is 1.06 bits per heavy atom. The van der Waals surface area contributed by atoms with Gasteiger partial charge < -0.3 is 9.47 Å². The van der Waals surface area contributed by atoms with E-state index in [9.17, 15) is 39.5 Å². The highest BCUT2D eigenvalue weighted by Crippen LogP contribution is 2.54. The van der Waals surface area contributed by atoms with Crippen molar-refractivity contribution < 1.29 is 49.0 Å². The van der Waals surface area contributed by atoms with Crippen LogP contribution >= 0.6 is 0 Å². The maximum Gasteiger partial charge on any atom is 0.460 e. The molecule has 11 heteroatoms. The molecule has 0 aromatic rings. The van der Waals surface area contributed by atoms with Gasteiger partial charge in [0.05, 0.1) is 0 Å². The Hall–Kier alpha value is -0.710. The van der Waals surface area contributed by atoms with Gasteiger partial charge in [0.25, 0.3) is 0 Å². The lowest BCUT2D eigenvalue weighted by molar-refractivity contribution is -0.396. The summed E-state index contributed by atoms with van der Waals surface area (Å²) in [4.78, 5) is 0. The Kier molecular flexibility index (Phi) is 13.6. The van der Waals surface area contributed by atoms with Gasteiger partial charge >= 0.3 is 23.9 Å². The average molecular weight is 517 g/mol. The van der Waals surface area contributed by atoms with E-state index >= 15 is 0 Å². The van der Waals surface area contributed by atoms with Crippen LogP contribution in [0.4, 0.5) is 39.5 Å². The molecule has 0 saturated carbocycles. The highest BCUT2D eigenvalue weighted by molar-refractivity contribution is 5.00. The Morgan fingerprint density at radius 3 is 1.50 bits per heavy atom. The third-order valence-electron chi connectivity index (χ3n) is 6.04. The zero-order valence-corrected chi connectivity index (χ0v) is 19.5. The van der Waals surface area contributed by atoms with E-state index in [4.69, 9.17) is 9.47 Å². The van der Waals surface area contributed by atoms with Gasteiger partial charge in [0, 0.05) is 19.6 Å². The van der Waals surface area contributed by atoms with Gasteiger partial charge in [-0.2, -0.15) is 39.5 Å². The predicted molar refractivity (Wildman–Crippen MR) is 110 cm³/mol. The highest BCUT2D eigenvalue weighted by atomic mass is 19.4. The molecule has 0 aliphatic carbocycles. The van der Waals surface area contributed by atoms with Crippen LogP contribution in [0, 0.1) is 0 Å². The first kappa shape index (κ1) is 31.3. The summed E-state index contributed by atoms with van der Waals surface area (Å²) in [5.41, 5.74) is 0. The molecule has 1 unspecified atom stereocenters. The van der Waals surface area contributed by atoms with Crippen molar-refractivity contribution in [3.63, 3.8) is 0 Å². The third kappa shape index (κ3) is 10.1. The van der Waals surface area contributed by atoms with E-state index in [-0.39, 0.29) is 12.7 Å². The van der Waals surface area contributed by atoms with Gasteiger partial charge in [-0.3, -0.25) is 0 Å². The van der Waals surface area contributed by atoms with Gasteiger partial charge in [-0.25, -0.2) is 0 Å². The molecular formula is C23H37F9O2. The molecule has 1 atom stereocenters. The summed E-state index contributed by atoms with van der Waals surface area (Å²) in [5, 5.41) is 0. The van der Waals surface area contributed by atoms with Crippen LogP contribution in [0.1, 0.15) is 103 Å². The zero-order chi connectivity index (χ0) is 25.7. The molecule has 1 saturated heterocycles. The van der Waals surface area contributed by atoms with Gasteiger partial charge in [0.1, 0.15) is 0 Å². The SMILES string of the molecule is FC(F)(F)C(F)(F)C(F)(F)C(F)(F)CCCCCCCCCCCCCCOC1CCCCO1. The molecule has 2 nitrogen and oxygen atoms in total. The molecule has 0 spiro atoms. The molecule has 1 fully saturated rings. The van der Waals surface area contributed by atoms with Crippen molar-refractivity contribution in [2.24, 2.45) is 0 Å². The fourth-order valence-electron chi connectivity index (χ4n) is 3.84. The van der Waals surface area contributed by atoms with E-state index < -0.39 is 36.8 Å². The lowest BCUT2D eigenvalue weighted by Gasteiger charge is -2.33.